The molecule has 2 rings (SSSR count). The first-order chi connectivity index (χ1) is 9.82. The van der Waals surface area contributed by atoms with E-state index >= 15 is 0 Å². The molecule has 1 aliphatic carbocycles. The van der Waals surface area contributed by atoms with Gasteiger partial charge in [-0.15, -0.1) is 0 Å². The zero-order valence-corrected chi connectivity index (χ0v) is 14.4. The minimum absolute atomic E-state index is 0.334. The molecule has 1 fully saturated rings. The lowest BCUT2D eigenvalue weighted by molar-refractivity contribution is 0.229. The second kappa shape index (κ2) is 6.20. The fraction of sp³-hybridized carbons (Fsp3) is 0.765. The zero-order chi connectivity index (χ0) is 15.6. The van der Waals surface area contributed by atoms with Crippen molar-refractivity contribution in [2.45, 2.75) is 72.3 Å². The molecule has 1 aliphatic rings. The Morgan fingerprint density at radius 2 is 1.86 bits per heavy atom. The summed E-state index contributed by atoms with van der Waals surface area (Å²) in [6, 6.07) is 0.520. The molecule has 4 nitrogen and oxygen atoms in total. The average Bonchev–Trinajstić information content (AvgIpc) is 2.39. The third-order valence-corrected chi connectivity index (χ3v) is 4.46. The van der Waals surface area contributed by atoms with Gasteiger partial charge in [-0.1, -0.05) is 34.1 Å². The molecule has 1 saturated carbocycles. The number of rotatable bonds is 4. The molecule has 21 heavy (non-hydrogen) atoms. The summed E-state index contributed by atoms with van der Waals surface area (Å²) >= 11 is 0. The highest BCUT2D eigenvalue weighted by atomic mass is 15.1. The van der Waals surface area contributed by atoms with Crippen LogP contribution >= 0.6 is 0 Å². The van der Waals surface area contributed by atoms with Crippen molar-refractivity contribution in [3.63, 3.8) is 0 Å². The van der Waals surface area contributed by atoms with E-state index in [-0.39, 0.29) is 0 Å². The van der Waals surface area contributed by atoms with Crippen LogP contribution in [0.5, 0.6) is 0 Å². The first kappa shape index (κ1) is 16.1. The van der Waals surface area contributed by atoms with Gasteiger partial charge >= 0.3 is 0 Å². The normalized spacial score (nSPS) is 21.4. The van der Waals surface area contributed by atoms with Crippen molar-refractivity contribution in [3.05, 3.63) is 11.4 Å². The molecule has 1 aromatic heterocycles. The van der Waals surface area contributed by atoms with E-state index in [1.165, 1.54) is 25.7 Å². The molecule has 1 unspecified atom stereocenters. The predicted octanol–water partition coefficient (Wildman–Crippen LogP) is 4.33. The molecule has 4 heteroatoms. The molecule has 1 aromatic rings. The Morgan fingerprint density at radius 3 is 2.43 bits per heavy atom. The highest BCUT2D eigenvalue weighted by Gasteiger charge is 2.28. The average molecular weight is 290 g/mol. The van der Waals surface area contributed by atoms with E-state index in [4.69, 9.17) is 4.98 Å². The fourth-order valence-electron chi connectivity index (χ4n) is 3.19. The van der Waals surface area contributed by atoms with Crippen molar-refractivity contribution < 1.29 is 0 Å². The highest BCUT2D eigenvalue weighted by molar-refractivity contribution is 5.57. The van der Waals surface area contributed by atoms with Crippen LogP contribution in [0.3, 0.4) is 0 Å². The molecular weight excluding hydrogens is 260 g/mol. The Morgan fingerprint density at radius 1 is 1.19 bits per heavy atom. The number of nitrogens with one attached hydrogen (secondary N) is 2. The quantitative estimate of drug-likeness (QED) is 0.866. The summed E-state index contributed by atoms with van der Waals surface area (Å²) in [5.74, 6) is 3.18. The van der Waals surface area contributed by atoms with E-state index < -0.39 is 0 Å². The minimum Gasteiger partial charge on any atom is -0.373 e. The second-order valence-electron chi connectivity index (χ2n) is 7.41. The first-order valence-corrected chi connectivity index (χ1v) is 8.15. The van der Waals surface area contributed by atoms with Gasteiger partial charge in [0.15, 0.2) is 0 Å². The van der Waals surface area contributed by atoms with E-state index in [0.717, 1.165) is 23.0 Å². The van der Waals surface area contributed by atoms with Crippen LogP contribution in [-0.2, 0) is 0 Å². The maximum atomic E-state index is 4.76. The molecule has 0 bridgehead atoms. The van der Waals surface area contributed by atoms with Crippen molar-refractivity contribution in [2.75, 3.05) is 17.7 Å². The summed E-state index contributed by atoms with van der Waals surface area (Å²) in [7, 11) is 1.92. The number of anilines is 2. The summed E-state index contributed by atoms with van der Waals surface area (Å²) in [6.07, 6.45) is 5.07. The Kier molecular flexibility index (Phi) is 4.74. The van der Waals surface area contributed by atoms with Gasteiger partial charge in [0, 0.05) is 24.6 Å². The molecule has 0 radical (unpaired) electrons. The van der Waals surface area contributed by atoms with Gasteiger partial charge in [-0.3, -0.25) is 0 Å². The Labute approximate surface area is 129 Å². The fourth-order valence-corrected chi connectivity index (χ4v) is 3.19. The monoisotopic (exact) mass is 290 g/mol. The number of hydrogen-bond donors (Lipinski definition) is 2. The maximum Gasteiger partial charge on any atom is 0.135 e. The Balaban J connectivity index is 2.24. The molecule has 0 spiro atoms. The van der Waals surface area contributed by atoms with Crippen LogP contribution in [0.15, 0.2) is 0 Å². The van der Waals surface area contributed by atoms with Crippen molar-refractivity contribution >= 4 is 11.6 Å². The summed E-state index contributed by atoms with van der Waals surface area (Å²) in [6.45, 7) is 11.1. The zero-order valence-electron chi connectivity index (χ0n) is 14.4. The van der Waals surface area contributed by atoms with Gasteiger partial charge in [-0.2, -0.15) is 0 Å². The van der Waals surface area contributed by atoms with E-state index in [9.17, 15) is 0 Å². The van der Waals surface area contributed by atoms with Crippen molar-refractivity contribution in [2.24, 2.45) is 5.41 Å². The predicted molar refractivity (Wildman–Crippen MR) is 90.1 cm³/mol. The lowest BCUT2D eigenvalue weighted by Crippen LogP contribution is -2.32. The van der Waals surface area contributed by atoms with Gasteiger partial charge < -0.3 is 10.6 Å². The van der Waals surface area contributed by atoms with Gasteiger partial charge in [0.05, 0.1) is 0 Å². The molecule has 2 N–H and O–H groups in total. The largest absolute Gasteiger partial charge is 0.373 e. The SMILES string of the molecule is CNc1nc(C(C)C)nc(NC2CCCC(C)(C)C2)c1C. The summed E-state index contributed by atoms with van der Waals surface area (Å²) < 4.78 is 0. The van der Waals surface area contributed by atoms with Crippen LogP contribution in [-0.4, -0.2) is 23.1 Å². The van der Waals surface area contributed by atoms with Gasteiger partial charge in [0.2, 0.25) is 0 Å². The van der Waals surface area contributed by atoms with E-state index in [1.54, 1.807) is 0 Å². The maximum absolute atomic E-state index is 4.76. The van der Waals surface area contributed by atoms with Crippen LogP contribution in [0.4, 0.5) is 11.6 Å². The van der Waals surface area contributed by atoms with Gasteiger partial charge in [0.1, 0.15) is 17.5 Å². The van der Waals surface area contributed by atoms with Crippen LogP contribution < -0.4 is 10.6 Å². The molecule has 0 saturated heterocycles. The topological polar surface area (TPSA) is 49.8 Å². The van der Waals surface area contributed by atoms with Crippen LogP contribution in [0.25, 0.3) is 0 Å². The van der Waals surface area contributed by atoms with Crippen LogP contribution in [0, 0.1) is 12.3 Å². The highest BCUT2D eigenvalue weighted by Crippen LogP contribution is 2.36. The lowest BCUT2D eigenvalue weighted by Gasteiger charge is -2.36. The Bertz CT molecular complexity index is 494. The van der Waals surface area contributed by atoms with Gasteiger partial charge in [0.25, 0.3) is 0 Å². The molecule has 0 amide bonds. The van der Waals surface area contributed by atoms with E-state index in [2.05, 4.69) is 50.2 Å². The molecular formula is C17H30N4. The summed E-state index contributed by atoms with van der Waals surface area (Å²) in [5, 5.41) is 6.88. The Hall–Kier alpha value is -1.32. The van der Waals surface area contributed by atoms with E-state index in [1.807, 2.05) is 7.05 Å². The third kappa shape index (κ3) is 3.86. The molecule has 0 aliphatic heterocycles. The molecule has 118 valence electrons. The van der Waals surface area contributed by atoms with Crippen molar-refractivity contribution in [1.82, 2.24) is 9.97 Å². The van der Waals surface area contributed by atoms with Crippen molar-refractivity contribution in [1.29, 1.82) is 0 Å². The van der Waals surface area contributed by atoms with Gasteiger partial charge in [-0.25, -0.2) is 9.97 Å². The van der Waals surface area contributed by atoms with Crippen LogP contribution in [0.1, 0.15) is 70.7 Å². The number of aromatic nitrogens is 2. The smallest absolute Gasteiger partial charge is 0.135 e. The lowest BCUT2D eigenvalue weighted by atomic mass is 9.75. The van der Waals surface area contributed by atoms with Crippen LogP contribution in [0.2, 0.25) is 0 Å². The first-order valence-electron chi connectivity index (χ1n) is 8.15. The van der Waals surface area contributed by atoms with Crippen molar-refractivity contribution in [3.8, 4) is 0 Å². The number of hydrogen-bond acceptors (Lipinski definition) is 4. The standard InChI is InChI=1S/C17H30N4/c1-11(2)14-20-15(18-6)12(3)16(21-14)19-13-8-7-9-17(4,5)10-13/h11,13H,7-10H2,1-6H3,(H2,18,19,20,21). The summed E-state index contributed by atoms with van der Waals surface area (Å²) in [5.41, 5.74) is 1.55. The molecule has 1 atom stereocenters. The van der Waals surface area contributed by atoms with Gasteiger partial charge in [-0.05, 0) is 31.6 Å². The number of nitrogens with zero attached hydrogens (tertiary/aromatic N) is 2. The molecule has 1 heterocycles. The summed E-state index contributed by atoms with van der Waals surface area (Å²) in [4.78, 5) is 9.37. The minimum atomic E-state index is 0.334. The molecule has 0 aromatic carbocycles. The van der Waals surface area contributed by atoms with E-state index in [0.29, 0.717) is 17.4 Å². The third-order valence-electron chi connectivity index (χ3n) is 4.46. The second-order valence-corrected chi connectivity index (χ2v) is 7.41.